The van der Waals surface area contributed by atoms with Gasteiger partial charge in [-0.2, -0.15) is 13.2 Å². The molecule has 37 heavy (non-hydrogen) atoms. The SMILES string of the molecule is N=C(/C=C(\Nc1ccc(NC(=O)c2ccc(Oc3ccccc3)nc2)cn1)C(F)(F)F)c1cccnc1. The predicted octanol–water partition coefficient (Wildman–Crippen LogP) is 5.84. The highest BCUT2D eigenvalue weighted by molar-refractivity contribution is 6.07. The zero-order valence-electron chi connectivity index (χ0n) is 19.0. The Morgan fingerprint density at radius 2 is 1.68 bits per heavy atom. The van der Waals surface area contributed by atoms with E-state index in [0.717, 1.165) is 0 Å². The number of para-hydroxylation sites is 1. The van der Waals surface area contributed by atoms with Crippen molar-refractivity contribution in [1.82, 2.24) is 15.0 Å². The normalized spacial score (nSPS) is 11.5. The van der Waals surface area contributed by atoms with Crippen molar-refractivity contribution in [2.75, 3.05) is 10.6 Å². The fourth-order valence-electron chi connectivity index (χ4n) is 3.01. The van der Waals surface area contributed by atoms with Gasteiger partial charge < -0.3 is 20.8 Å². The zero-order valence-corrected chi connectivity index (χ0v) is 19.0. The summed E-state index contributed by atoms with van der Waals surface area (Å²) in [4.78, 5) is 24.4. The largest absolute Gasteiger partial charge is 0.439 e. The number of carbonyl (C=O) groups is 1. The quantitative estimate of drug-likeness (QED) is 0.260. The maximum Gasteiger partial charge on any atom is 0.431 e. The number of anilines is 2. The third-order valence-electron chi connectivity index (χ3n) is 4.81. The first-order valence-electron chi connectivity index (χ1n) is 10.8. The minimum atomic E-state index is -4.76. The molecule has 0 bridgehead atoms. The first kappa shape index (κ1) is 25.0. The Labute approximate surface area is 209 Å². The monoisotopic (exact) mass is 504 g/mol. The molecule has 1 amide bonds. The number of nitrogens with zero attached hydrogens (tertiary/aromatic N) is 3. The second-order valence-corrected chi connectivity index (χ2v) is 7.52. The summed E-state index contributed by atoms with van der Waals surface area (Å²) in [5.41, 5.74) is -0.800. The Kier molecular flexibility index (Phi) is 7.53. The van der Waals surface area contributed by atoms with Crippen LogP contribution in [0.25, 0.3) is 0 Å². The van der Waals surface area contributed by atoms with Gasteiger partial charge in [-0.25, -0.2) is 9.97 Å². The number of ether oxygens (including phenoxy) is 1. The molecule has 0 saturated heterocycles. The van der Waals surface area contributed by atoms with Gasteiger partial charge in [0.1, 0.15) is 17.3 Å². The Morgan fingerprint density at radius 1 is 0.865 bits per heavy atom. The molecule has 0 aliphatic rings. The van der Waals surface area contributed by atoms with E-state index in [-0.39, 0.29) is 28.3 Å². The van der Waals surface area contributed by atoms with Crippen molar-refractivity contribution < 1.29 is 22.7 Å². The number of rotatable bonds is 8. The summed E-state index contributed by atoms with van der Waals surface area (Å²) in [6, 6.07) is 17.8. The minimum Gasteiger partial charge on any atom is -0.439 e. The molecule has 3 N–H and O–H groups in total. The lowest BCUT2D eigenvalue weighted by molar-refractivity contribution is -0.0901. The number of aromatic nitrogens is 3. The fraction of sp³-hybridized carbons (Fsp3) is 0.0385. The number of nitrogens with one attached hydrogen (secondary N) is 3. The summed E-state index contributed by atoms with van der Waals surface area (Å²) in [5, 5.41) is 12.7. The first-order chi connectivity index (χ1) is 17.8. The van der Waals surface area contributed by atoms with Crippen LogP contribution in [0.1, 0.15) is 15.9 Å². The molecule has 4 rings (SSSR count). The average molecular weight is 504 g/mol. The third kappa shape index (κ3) is 6.98. The third-order valence-corrected chi connectivity index (χ3v) is 4.81. The highest BCUT2D eigenvalue weighted by Gasteiger charge is 2.34. The van der Waals surface area contributed by atoms with E-state index in [9.17, 15) is 18.0 Å². The Bertz CT molecular complexity index is 1390. The molecular formula is C26H19F3N6O2. The number of pyridine rings is 3. The molecule has 0 aliphatic carbocycles. The summed E-state index contributed by atoms with van der Waals surface area (Å²) in [7, 11) is 0. The number of allylic oxidation sites excluding steroid dienone is 2. The Hall–Kier alpha value is -5.06. The van der Waals surface area contributed by atoms with Crippen LogP contribution in [0.3, 0.4) is 0 Å². The standard InChI is InChI=1S/C26H19F3N6O2/c27-26(28,29)22(13-21(30)17-5-4-12-31-14-17)35-23-10-9-19(16-32-23)34-25(36)18-8-11-24(33-15-18)37-20-6-2-1-3-7-20/h1-16,30H,(H,32,35)(H,34,36)/b22-13-,30-21?. The van der Waals surface area contributed by atoms with Crippen LogP contribution >= 0.6 is 0 Å². The second-order valence-electron chi connectivity index (χ2n) is 7.52. The Morgan fingerprint density at radius 3 is 2.30 bits per heavy atom. The lowest BCUT2D eigenvalue weighted by atomic mass is 10.1. The van der Waals surface area contributed by atoms with Crippen molar-refractivity contribution in [1.29, 1.82) is 5.41 Å². The average Bonchev–Trinajstić information content (AvgIpc) is 2.90. The molecule has 0 saturated carbocycles. The van der Waals surface area contributed by atoms with E-state index in [2.05, 4.69) is 25.6 Å². The number of alkyl halides is 3. The van der Waals surface area contributed by atoms with Gasteiger partial charge in [-0.3, -0.25) is 9.78 Å². The molecule has 0 spiro atoms. The molecule has 0 aliphatic heterocycles. The Balaban J connectivity index is 1.39. The molecule has 8 nitrogen and oxygen atoms in total. The van der Waals surface area contributed by atoms with Gasteiger partial charge in [0.2, 0.25) is 5.88 Å². The molecule has 3 heterocycles. The van der Waals surface area contributed by atoms with Crippen LogP contribution < -0.4 is 15.4 Å². The molecule has 0 atom stereocenters. The van der Waals surface area contributed by atoms with Crippen LogP contribution in [-0.2, 0) is 0 Å². The number of amides is 1. The first-order valence-corrected chi connectivity index (χ1v) is 10.8. The van der Waals surface area contributed by atoms with Crippen LogP contribution in [-0.4, -0.2) is 32.7 Å². The molecule has 3 aromatic heterocycles. The highest BCUT2D eigenvalue weighted by atomic mass is 19.4. The van der Waals surface area contributed by atoms with Crippen molar-refractivity contribution in [3.05, 3.63) is 114 Å². The summed E-state index contributed by atoms with van der Waals surface area (Å²) in [6.07, 6.45) is 1.20. The van der Waals surface area contributed by atoms with Crippen LogP contribution in [0.2, 0.25) is 0 Å². The smallest absolute Gasteiger partial charge is 0.431 e. The highest BCUT2D eigenvalue weighted by Crippen LogP contribution is 2.27. The molecule has 0 radical (unpaired) electrons. The van der Waals surface area contributed by atoms with Crippen LogP contribution in [0, 0.1) is 5.41 Å². The molecular weight excluding hydrogens is 485 g/mol. The number of carbonyl (C=O) groups excluding carboxylic acids is 1. The van der Waals surface area contributed by atoms with Gasteiger partial charge in [0.15, 0.2) is 0 Å². The van der Waals surface area contributed by atoms with E-state index < -0.39 is 17.8 Å². The number of benzene rings is 1. The van der Waals surface area contributed by atoms with E-state index >= 15 is 0 Å². The van der Waals surface area contributed by atoms with E-state index in [1.807, 2.05) is 18.2 Å². The van der Waals surface area contributed by atoms with Crippen LogP contribution in [0.15, 0.2) is 103 Å². The lowest BCUT2D eigenvalue weighted by Gasteiger charge is -2.14. The van der Waals surface area contributed by atoms with Crippen molar-refractivity contribution in [2.24, 2.45) is 0 Å². The summed E-state index contributed by atoms with van der Waals surface area (Å²) in [5.74, 6) is 0.307. The summed E-state index contributed by atoms with van der Waals surface area (Å²) < 4.78 is 46.2. The van der Waals surface area contributed by atoms with Gasteiger partial charge >= 0.3 is 6.18 Å². The van der Waals surface area contributed by atoms with E-state index in [1.54, 1.807) is 18.2 Å². The number of halogens is 3. The molecule has 186 valence electrons. The van der Waals surface area contributed by atoms with Crippen LogP contribution in [0.4, 0.5) is 24.7 Å². The molecule has 1 aromatic carbocycles. The molecule has 0 unspecified atom stereocenters. The van der Waals surface area contributed by atoms with Gasteiger partial charge in [0, 0.05) is 30.2 Å². The topological polar surface area (TPSA) is 113 Å². The predicted molar refractivity (Wildman–Crippen MR) is 132 cm³/mol. The molecule has 11 heteroatoms. The summed E-state index contributed by atoms with van der Waals surface area (Å²) in [6.45, 7) is 0. The number of hydrogen-bond acceptors (Lipinski definition) is 7. The van der Waals surface area contributed by atoms with Crippen molar-refractivity contribution in [2.45, 2.75) is 6.18 Å². The van der Waals surface area contributed by atoms with Crippen molar-refractivity contribution >= 4 is 23.1 Å². The van der Waals surface area contributed by atoms with Gasteiger partial charge in [-0.05, 0) is 48.5 Å². The maximum atomic E-state index is 13.5. The second kappa shape index (κ2) is 11.1. The van der Waals surface area contributed by atoms with Crippen LogP contribution in [0.5, 0.6) is 11.6 Å². The van der Waals surface area contributed by atoms with Crippen molar-refractivity contribution in [3.63, 3.8) is 0 Å². The van der Waals surface area contributed by atoms with Gasteiger partial charge in [-0.15, -0.1) is 0 Å². The number of hydrogen-bond donors (Lipinski definition) is 3. The van der Waals surface area contributed by atoms with Gasteiger partial charge in [0.05, 0.1) is 23.2 Å². The molecule has 4 aromatic rings. The van der Waals surface area contributed by atoms with Crippen molar-refractivity contribution in [3.8, 4) is 11.6 Å². The van der Waals surface area contributed by atoms with E-state index in [4.69, 9.17) is 10.1 Å². The van der Waals surface area contributed by atoms with Gasteiger partial charge in [-0.1, -0.05) is 18.2 Å². The molecule has 0 fully saturated rings. The van der Waals surface area contributed by atoms with E-state index in [1.165, 1.54) is 55.1 Å². The van der Waals surface area contributed by atoms with Gasteiger partial charge in [0.25, 0.3) is 5.91 Å². The lowest BCUT2D eigenvalue weighted by Crippen LogP contribution is -2.21. The minimum absolute atomic E-state index is 0.121. The van der Waals surface area contributed by atoms with E-state index in [0.29, 0.717) is 17.7 Å². The maximum absolute atomic E-state index is 13.5. The summed E-state index contributed by atoms with van der Waals surface area (Å²) >= 11 is 0. The zero-order chi connectivity index (χ0) is 26.3. The fourth-order valence-corrected chi connectivity index (χ4v) is 3.01.